The van der Waals surface area contributed by atoms with Crippen molar-refractivity contribution in [3.8, 4) is 0 Å². The van der Waals surface area contributed by atoms with Gasteiger partial charge < -0.3 is 0 Å². The second kappa shape index (κ2) is 6.38. The number of aromatic nitrogens is 1. The van der Waals surface area contributed by atoms with E-state index in [2.05, 4.69) is 36.2 Å². The summed E-state index contributed by atoms with van der Waals surface area (Å²) in [5, 5.41) is 1.93. The third-order valence-corrected chi connectivity index (χ3v) is 2.12. The highest BCUT2D eigenvalue weighted by molar-refractivity contribution is 7.07. The van der Waals surface area contributed by atoms with Crippen LogP contribution in [0.2, 0.25) is 0 Å². The van der Waals surface area contributed by atoms with E-state index in [1.165, 1.54) is 5.56 Å². The van der Waals surface area contributed by atoms with Crippen LogP contribution in [0.3, 0.4) is 0 Å². The van der Waals surface area contributed by atoms with E-state index in [9.17, 15) is 0 Å². The molecule has 0 radical (unpaired) electrons. The van der Waals surface area contributed by atoms with Crippen LogP contribution in [0.15, 0.2) is 47.4 Å². The van der Waals surface area contributed by atoms with Gasteiger partial charge in [0.1, 0.15) is 0 Å². The molecule has 1 aromatic heterocycles. The fraction of sp³-hybridized carbons (Fsp3) is 0.182. The van der Waals surface area contributed by atoms with E-state index in [0.29, 0.717) is 0 Å². The minimum absolute atomic E-state index is 1.14. The van der Waals surface area contributed by atoms with Crippen molar-refractivity contribution in [2.45, 2.75) is 13.3 Å². The van der Waals surface area contributed by atoms with Crippen molar-refractivity contribution in [2.24, 2.45) is 0 Å². The number of aryl methyl sites for hydroxylation is 1. The van der Waals surface area contributed by atoms with Gasteiger partial charge in [-0.05, 0) is 12.0 Å². The number of hydrogen-bond donors (Lipinski definition) is 0. The first-order valence-corrected chi connectivity index (χ1v) is 5.24. The molecule has 0 fully saturated rings. The highest BCUT2D eigenvalue weighted by Crippen LogP contribution is 1.96. The van der Waals surface area contributed by atoms with Gasteiger partial charge in [0.25, 0.3) is 0 Å². The third-order valence-electron chi connectivity index (χ3n) is 1.60. The van der Waals surface area contributed by atoms with E-state index >= 15 is 0 Å². The van der Waals surface area contributed by atoms with Crippen LogP contribution in [0.4, 0.5) is 0 Å². The predicted molar refractivity (Wildman–Crippen MR) is 57.9 cm³/mol. The SMILES string of the molecule is CCc1ccccc1.c1cscn1. The van der Waals surface area contributed by atoms with Crippen LogP contribution in [0.1, 0.15) is 12.5 Å². The topological polar surface area (TPSA) is 12.9 Å². The van der Waals surface area contributed by atoms with Crippen molar-refractivity contribution < 1.29 is 0 Å². The molecular formula is C11H13NS. The molecule has 13 heavy (non-hydrogen) atoms. The maximum absolute atomic E-state index is 3.74. The summed E-state index contributed by atoms with van der Waals surface area (Å²) in [6, 6.07) is 10.5. The van der Waals surface area contributed by atoms with Crippen molar-refractivity contribution in [2.75, 3.05) is 0 Å². The normalized spacial score (nSPS) is 8.69. The van der Waals surface area contributed by atoms with Gasteiger partial charge in [0.15, 0.2) is 0 Å². The molecule has 0 aliphatic rings. The Hall–Kier alpha value is -1.15. The van der Waals surface area contributed by atoms with E-state index < -0.39 is 0 Å². The van der Waals surface area contributed by atoms with Crippen molar-refractivity contribution in [1.29, 1.82) is 0 Å². The van der Waals surface area contributed by atoms with Crippen molar-refractivity contribution >= 4 is 11.3 Å². The zero-order valence-corrected chi connectivity index (χ0v) is 8.50. The lowest BCUT2D eigenvalue weighted by atomic mass is 10.2. The van der Waals surface area contributed by atoms with Gasteiger partial charge in [-0.2, -0.15) is 0 Å². The Morgan fingerprint density at radius 1 is 1.23 bits per heavy atom. The summed E-state index contributed by atoms with van der Waals surface area (Å²) in [5.74, 6) is 0. The number of hydrogen-bond acceptors (Lipinski definition) is 2. The lowest BCUT2D eigenvalue weighted by Gasteiger charge is -1.89. The summed E-state index contributed by atoms with van der Waals surface area (Å²) >= 11 is 1.60. The fourth-order valence-electron chi connectivity index (χ4n) is 0.889. The number of rotatable bonds is 1. The Morgan fingerprint density at radius 3 is 2.31 bits per heavy atom. The van der Waals surface area contributed by atoms with E-state index in [1.807, 2.05) is 11.4 Å². The summed E-state index contributed by atoms with van der Waals surface area (Å²) in [6.45, 7) is 2.16. The minimum atomic E-state index is 1.14. The molecular weight excluding hydrogens is 178 g/mol. The molecule has 0 spiro atoms. The van der Waals surface area contributed by atoms with Crippen LogP contribution in [-0.2, 0) is 6.42 Å². The highest BCUT2D eigenvalue weighted by Gasteiger charge is 1.79. The first-order valence-electron chi connectivity index (χ1n) is 4.29. The zero-order chi connectivity index (χ0) is 9.36. The Bertz CT molecular complexity index is 272. The van der Waals surface area contributed by atoms with Crippen LogP contribution >= 0.6 is 11.3 Å². The molecule has 0 saturated heterocycles. The molecule has 0 aliphatic carbocycles. The largest absolute Gasteiger partial charge is 0.253 e. The highest BCUT2D eigenvalue weighted by atomic mass is 32.1. The van der Waals surface area contributed by atoms with Crippen molar-refractivity contribution in [1.82, 2.24) is 4.98 Å². The van der Waals surface area contributed by atoms with Gasteiger partial charge in [0, 0.05) is 11.6 Å². The maximum Gasteiger partial charge on any atom is 0.0791 e. The Balaban J connectivity index is 0.000000145. The van der Waals surface area contributed by atoms with Crippen LogP contribution in [-0.4, -0.2) is 4.98 Å². The van der Waals surface area contributed by atoms with Crippen molar-refractivity contribution in [3.05, 3.63) is 53.0 Å². The van der Waals surface area contributed by atoms with Gasteiger partial charge in [-0.15, -0.1) is 11.3 Å². The monoisotopic (exact) mass is 191 g/mol. The maximum atomic E-state index is 3.74. The summed E-state index contributed by atoms with van der Waals surface area (Å²) < 4.78 is 0. The molecule has 2 aromatic rings. The summed E-state index contributed by atoms with van der Waals surface area (Å²) in [4.78, 5) is 3.74. The minimum Gasteiger partial charge on any atom is -0.253 e. The second-order valence-electron chi connectivity index (χ2n) is 2.51. The molecule has 0 amide bonds. The Morgan fingerprint density at radius 2 is 2.00 bits per heavy atom. The average Bonchev–Trinajstić information content (AvgIpc) is 2.77. The zero-order valence-electron chi connectivity index (χ0n) is 7.68. The van der Waals surface area contributed by atoms with Crippen molar-refractivity contribution in [3.63, 3.8) is 0 Å². The molecule has 2 heteroatoms. The summed E-state index contributed by atoms with van der Waals surface area (Å²) in [7, 11) is 0. The van der Waals surface area contributed by atoms with Gasteiger partial charge in [-0.3, -0.25) is 4.98 Å². The van der Waals surface area contributed by atoms with Crippen LogP contribution < -0.4 is 0 Å². The van der Waals surface area contributed by atoms with Gasteiger partial charge in [-0.1, -0.05) is 37.3 Å². The average molecular weight is 191 g/mol. The lowest BCUT2D eigenvalue weighted by Crippen LogP contribution is -1.73. The first kappa shape index (κ1) is 9.93. The number of thiazole rings is 1. The van der Waals surface area contributed by atoms with Crippen LogP contribution in [0.25, 0.3) is 0 Å². The molecule has 2 rings (SSSR count). The molecule has 68 valence electrons. The molecule has 1 heterocycles. The first-order chi connectivity index (χ1) is 6.43. The number of nitrogens with zero attached hydrogens (tertiary/aromatic N) is 1. The molecule has 0 saturated carbocycles. The van der Waals surface area contributed by atoms with Crippen LogP contribution in [0, 0.1) is 0 Å². The molecule has 1 aromatic carbocycles. The lowest BCUT2D eigenvalue weighted by molar-refractivity contribution is 1.14. The Kier molecular flexibility index (Phi) is 4.87. The predicted octanol–water partition coefficient (Wildman–Crippen LogP) is 3.39. The molecule has 0 aliphatic heterocycles. The molecule has 0 N–H and O–H groups in total. The summed E-state index contributed by atoms with van der Waals surface area (Å²) in [5.41, 5.74) is 3.20. The van der Waals surface area contributed by atoms with Crippen LogP contribution in [0.5, 0.6) is 0 Å². The van der Waals surface area contributed by atoms with Gasteiger partial charge in [0.2, 0.25) is 0 Å². The quantitative estimate of drug-likeness (QED) is 0.673. The number of benzene rings is 1. The molecule has 0 unspecified atom stereocenters. The van der Waals surface area contributed by atoms with E-state index in [0.717, 1.165) is 6.42 Å². The van der Waals surface area contributed by atoms with E-state index in [1.54, 1.807) is 23.0 Å². The summed E-state index contributed by atoms with van der Waals surface area (Å²) in [6.07, 6.45) is 2.91. The second-order valence-corrected chi connectivity index (χ2v) is 3.27. The van der Waals surface area contributed by atoms with Gasteiger partial charge >= 0.3 is 0 Å². The van der Waals surface area contributed by atoms with Gasteiger partial charge in [-0.25, -0.2) is 0 Å². The fourth-order valence-corrected chi connectivity index (χ4v) is 1.24. The molecule has 1 nitrogen and oxygen atoms in total. The smallest absolute Gasteiger partial charge is 0.0791 e. The Labute approximate surface area is 83.1 Å². The van der Waals surface area contributed by atoms with E-state index in [4.69, 9.17) is 0 Å². The molecule has 0 atom stereocenters. The van der Waals surface area contributed by atoms with Gasteiger partial charge in [0.05, 0.1) is 5.51 Å². The van der Waals surface area contributed by atoms with E-state index in [-0.39, 0.29) is 0 Å². The standard InChI is InChI=1S/C8H10.C3H3NS/c1-2-8-6-4-3-5-7-8;1-2-5-3-4-1/h3-7H,2H2,1H3;1-3H. The molecule has 0 bridgehead atoms. The third kappa shape index (κ3) is 4.43.